The molecule has 0 amide bonds. The predicted octanol–water partition coefficient (Wildman–Crippen LogP) is -10.5. The fraction of sp³-hybridized carbons (Fsp3) is 0. The topological polar surface area (TPSA) is 266 Å². The van der Waals surface area contributed by atoms with Crippen molar-refractivity contribution in [2.75, 3.05) is 0 Å². The van der Waals surface area contributed by atoms with Gasteiger partial charge in [-0.2, -0.15) is 16.8 Å². The van der Waals surface area contributed by atoms with Crippen molar-refractivity contribution in [3.8, 4) is 0 Å². The normalized spacial score (nSPS) is 11.8. The van der Waals surface area contributed by atoms with Crippen LogP contribution in [-0.4, -0.2) is 157 Å². The van der Waals surface area contributed by atoms with E-state index in [0.717, 1.165) is 0 Å². The predicted molar refractivity (Wildman–Crippen MR) is 54.0 cm³/mol. The first-order valence-corrected chi connectivity index (χ1v) is 8.99. The summed E-state index contributed by atoms with van der Waals surface area (Å²) in [6, 6.07) is 0. The van der Waals surface area contributed by atoms with Crippen molar-refractivity contribution < 1.29 is 62.5 Å². The fourth-order valence-corrected chi connectivity index (χ4v) is 2.32. The Balaban J connectivity index is -0.0000000711. The van der Waals surface area contributed by atoms with Gasteiger partial charge in [0.1, 0.15) is 0 Å². The Kier molecular flexibility index (Phi) is 23.6. The molecule has 0 aliphatic carbocycles. The van der Waals surface area contributed by atoms with Crippen LogP contribution in [0.4, 0.5) is 0 Å². The summed E-state index contributed by atoms with van der Waals surface area (Å²) >= 11 is 0. The summed E-state index contributed by atoms with van der Waals surface area (Å²) in [7, 11) is -22.1. The molecular formula is H2Ca3O14S2Si2. The first kappa shape index (κ1) is 35.8. The van der Waals surface area contributed by atoms with E-state index in [-0.39, 0.29) is 113 Å². The van der Waals surface area contributed by atoms with E-state index in [9.17, 15) is 45.6 Å². The van der Waals surface area contributed by atoms with Crippen LogP contribution < -0.4 is 28.8 Å². The van der Waals surface area contributed by atoms with Crippen molar-refractivity contribution in [3.05, 3.63) is 0 Å². The summed E-state index contributed by atoms with van der Waals surface area (Å²) < 4.78 is 58.0. The van der Waals surface area contributed by atoms with Gasteiger partial charge in [-0.05, 0) is 0 Å². The van der Waals surface area contributed by atoms with Crippen LogP contribution in [0.1, 0.15) is 0 Å². The van der Waals surface area contributed by atoms with Gasteiger partial charge in [-0.15, -0.1) is 0 Å². The van der Waals surface area contributed by atoms with Crippen LogP contribution in [0.25, 0.3) is 0 Å². The first-order chi connectivity index (χ1) is 7.41. The molecule has 21 heteroatoms. The molecule has 0 aromatic carbocycles. The smallest absolute Gasteiger partial charge is 0.860 e. The van der Waals surface area contributed by atoms with Gasteiger partial charge in [0.25, 0.3) is 0 Å². The molecule has 0 saturated heterocycles. The minimum atomic E-state index is -5.88. The average molecular weight is 467 g/mol. The summed E-state index contributed by atoms with van der Waals surface area (Å²) in [6.07, 6.45) is 0. The van der Waals surface area contributed by atoms with Crippen molar-refractivity contribution in [1.82, 2.24) is 0 Å². The molecule has 0 radical (unpaired) electrons. The second kappa shape index (κ2) is 13.9. The molecule has 0 unspecified atom stereocenters. The molecule has 0 saturated carbocycles. The molecule has 0 fully saturated rings. The van der Waals surface area contributed by atoms with Crippen LogP contribution in [0.2, 0.25) is 0 Å². The Morgan fingerprint density at radius 3 is 0.762 bits per heavy atom. The standard InChI is InChI=1S/3Ca.2HO7SSi/c;;;2*1-8(2,3)7-9(4,5)6/h;;;2*(H,1,2,3)/q3*+2;2*-3. The van der Waals surface area contributed by atoms with E-state index < -0.39 is 38.9 Å². The number of hydrogen-bond acceptors (Lipinski definition) is 12. The van der Waals surface area contributed by atoms with Gasteiger partial charge < -0.3 is 36.5 Å². The molecular weight excluding hydrogens is 465 g/mol. The van der Waals surface area contributed by atoms with Gasteiger partial charge in [0.2, 0.25) is 0 Å². The minimum absolute atomic E-state index is 0. The van der Waals surface area contributed by atoms with Crippen LogP contribution in [-0.2, 0) is 28.5 Å². The summed E-state index contributed by atoms with van der Waals surface area (Å²) in [5.41, 5.74) is 0. The van der Waals surface area contributed by atoms with E-state index in [1.807, 2.05) is 0 Å². The van der Waals surface area contributed by atoms with E-state index >= 15 is 0 Å². The van der Waals surface area contributed by atoms with Crippen LogP contribution in [0.15, 0.2) is 0 Å². The van der Waals surface area contributed by atoms with Crippen molar-refractivity contribution in [2.24, 2.45) is 0 Å². The van der Waals surface area contributed by atoms with Crippen molar-refractivity contribution in [2.45, 2.75) is 0 Å². The van der Waals surface area contributed by atoms with Crippen molar-refractivity contribution >= 4 is 152 Å². The van der Waals surface area contributed by atoms with Gasteiger partial charge in [-0.3, -0.25) is 9.11 Å². The maximum absolute atomic E-state index is 9.41. The number of rotatable bonds is 4. The molecule has 0 aromatic rings. The molecule has 0 heterocycles. The molecule has 0 spiro atoms. The maximum Gasteiger partial charge on any atom is 2.00 e. The molecule has 0 bridgehead atoms. The van der Waals surface area contributed by atoms with E-state index in [1.54, 1.807) is 0 Å². The monoisotopic (exact) mass is 466 g/mol. The van der Waals surface area contributed by atoms with E-state index in [1.165, 1.54) is 0 Å². The Labute approximate surface area is 210 Å². The summed E-state index contributed by atoms with van der Waals surface area (Å²) in [4.78, 5) is 56.3. The molecule has 112 valence electrons. The first-order valence-electron chi connectivity index (χ1n) is 3.00. The fourth-order valence-electron chi connectivity index (χ4n) is 0.258. The molecule has 0 aromatic heterocycles. The van der Waals surface area contributed by atoms with Gasteiger partial charge >= 0.3 is 134 Å². The van der Waals surface area contributed by atoms with Crippen molar-refractivity contribution in [3.63, 3.8) is 0 Å². The SMILES string of the molecule is O=S(=O)(O)O[Si]([O-])([O-])[O-].O=S(=O)(O)O[Si]([O-])([O-])[O-].[Ca+2].[Ca+2].[Ca+2]. The average Bonchev–Trinajstić information content (AvgIpc) is 1.64. The van der Waals surface area contributed by atoms with Gasteiger partial charge in [-0.25, -0.2) is 0 Å². The van der Waals surface area contributed by atoms with E-state index in [4.69, 9.17) is 9.11 Å². The van der Waals surface area contributed by atoms with Crippen LogP contribution >= 0.6 is 0 Å². The zero-order valence-electron chi connectivity index (χ0n) is 9.73. The van der Waals surface area contributed by atoms with E-state index in [0.29, 0.717) is 0 Å². The Hall–Kier alpha value is 3.71. The molecule has 0 atom stereocenters. The third-order valence-corrected chi connectivity index (χ3v) is 3.73. The summed E-state index contributed by atoms with van der Waals surface area (Å²) in [5.74, 6) is 0. The van der Waals surface area contributed by atoms with Crippen LogP contribution in [0, 0.1) is 0 Å². The zero-order valence-corrected chi connectivity index (χ0v) is 20.0. The summed E-state index contributed by atoms with van der Waals surface area (Å²) in [5, 5.41) is 0. The largest absolute Gasteiger partial charge is 2.00 e. The molecule has 2 N–H and O–H groups in total. The zero-order chi connectivity index (χ0) is 15.4. The quantitative estimate of drug-likeness (QED) is 0.287. The molecule has 0 aliphatic heterocycles. The Morgan fingerprint density at radius 2 is 0.762 bits per heavy atom. The molecule has 0 aliphatic rings. The summed E-state index contributed by atoms with van der Waals surface area (Å²) in [6.45, 7) is 0. The van der Waals surface area contributed by atoms with Crippen LogP contribution in [0.5, 0.6) is 0 Å². The number of hydrogen-bond donors (Lipinski definition) is 2. The van der Waals surface area contributed by atoms with Gasteiger partial charge in [0.15, 0.2) is 0 Å². The second-order valence-electron chi connectivity index (χ2n) is 2.02. The third-order valence-electron chi connectivity index (χ3n) is 0.415. The Bertz CT molecular complexity index is 396. The van der Waals surface area contributed by atoms with Gasteiger partial charge in [-0.1, -0.05) is 18.1 Å². The second-order valence-corrected chi connectivity index (χ2v) is 7.07. The minimum Gasteiger partial charge on any atom is -0.860 e. The van der Waals surface area contributed by atoms with Crippen LogP contribution in [0.3, 0.4) is 0 Å². The van der Waals surface area contributed by atoms with Gasteiger partial charge in [0, 0.05) is 0 Å². The van der Waals surface area contributed by atoms with E-state index in [2.05, 4.69) is 7.74 Å². The molecule has 21 heavy (non-hydrogen) atoms. The third kappa shape index (κ3) is 45.3. The van der Waals surface area contributed by atoms with Gasteiger partial charge in [0.05, 0.1) is 0 Å². The van der Waals surface area contributed by atoms with Crippen molar-refractivity contribution in [1.29, 1.82) is 0 Å². The maximum atomic E-state index is 9.41. The Morgan fingerprint density at radius 1 is 0.619 bits per heavy atom. The molecule has 14 nitrogen and oxygen atoms in total. The molecule has 0 rings (SSSR count).